The van der Waals surface area contributed by atoms with Crippen LogP contribution >= 0.6 is 23.4 Å². The molecule has 2 N–H and O–H groups in total. The molecule has 0 spiro atoms. The maximum absolute atomic E-state index is 12.0. The minimum Gasteiger partial charge on any atom is -0.493 e. The van der Waals surface area contributed by atoms with Crippen molar-refractivity contribution in [2.75, 3.05) is 18.2 Å². The SMILES string of the molecule is COc1cc([C@H]2SCC(=O)Nc3n[nH]c(C)c32)ccc1OCc1ccc(Cl)cc1. The lowest BCUT2D eigenvalue weighted by atomic mass is 10.0. The summed E-state index contributed by atoms with van der Waals surface area (Å²) in [4.78, 5) is 12.0. The quantitative estimate of drug-likeness (QED) is 0.613. The summed E-state index contributed by atoms with van der Waals surface area (Å²) >= 11 is 7.49. The second-order valence-corrected chi connectivity index (χ2v) is 8.21. The number of anilines is 1. The summed E-state index contributed by atoms with van der Waals surface area (Å²) in [5.74, 6) is 2.19. The topological polar surface area (TPSA) is 76.2 Å². The fraction of sp³-hybridized carbons (Fsp3) is 0.238. The summed E-state index contributed by atoms with van der Waals surface area (Å²) in [5, 5.41) is 10.7. The highest BCUT2D eigenvalue weighted by molar-refractivity contribution is 8.00. The van der Waals surface area contributed by atoms with Crippen molar-refractivity contribution in [1.29, 1.82) is 0 Å². The van der Waals surface area contributed by atoms with Crippen molar-refractivity contribution >= 4 is 35.1 Å². The number of rotatable bonds is 5. The van der Waals surface area contributed by atoms with Gasteiger partial charge in [-0.25, -0.2) is 0 Å². The molecule has 0 aliphatic carbocycles. The monoisotopic (exact) mass is 429 g/mol. The van der Waals surface area contributed by atoms with E-state index in [-0.39, 0.29) is 11.2 Å². The number of hydrogen-bond donors (Lipinski definition) is 2. The molecular weight excluding hydrogens is 410 g/mol. The first kappa shape index (κ1) is 19.7. The third-order valence-electron chi connectivity index (χ3n) is 4.69. The van der Waals surface area contributed by atoms with E-state index in [0.717, 1.165) is 22.4 Å². The lowest BCUT2D eigenvalue weighted by Gasteiger charge is -2.18. The lowest BCUT2D eigenvalue weighted by molar-refractivity contribution is -0.113. The summed E-state index contributed by atoms with van der Waals surface area (Å²) in [5.41, 5.74) is 3.95. The fourth-order valence-electron chi connectivity index (χ4n) is 3.24. The number of thioether (sulfide) groups is 1. The average molecular weight is 430 g/mol. The van der Waals surface area contributed by atoms with Crippen LogP contribution < -0.4 is 14.8 Å². The number of nitrogens with one attached hydrogen (secondary N) is 2. The smallest absolute Gasteiger partial charge is 0.235 e. The maximum atomic E-state index is 12.0. The van der Waals surface area contributed by atoms with Gasteiger partial charge in [0.2, 0.25) is 5.91 Å². The molecule has 1 aromatic heterocycles. The molecule has 150 valence electrons. The second-order valence-electron chi connectivity index (χ2n) is 6.68. The van der Waals surface area contributed by atoms with Crippen LogP contribution in [0.3, 0.4) is 0 Å². The first-order valence-corrected chi connectivity index (χ1v) is 10.5. The number of methoxy groups -OCH3 is 1. The number of fused-ring (bicyclic) bond motifs is 1. The van der Waals surface area contributed by atoms with E-state index in [1.807, 2.05) is 49.4 Å². The zero-order valence-corrected chi connectivity index (χ0v) is 17.6. The molecular formula is C21H20ClN3O3S. The highest BCUT2D eigenvalue weighted by Crippen LogP contribution is 2.44. The standard InChI is InChI=1S/C21H20ClN3O3S/c1-12-19-20(29-11-18(26)23-21(19)25-24-12)14-5-8-16(17(9-14)27-2)28-10-13-3-6-15(22)7-4-13/h3-9,20H,10-11H2,1-2H3,(H2,23,24,25,26)/t20-/m1/s1. The van der Waals surface area contributed by atoms with Crippen molar-refractivity contribution in [1.82, 2.24) is 10.2 Å². The number of aryl methyl sites for hydroxylation is 1. The summed E-state index contributed by atoms with van der Waals surface area (Å²) in [6, 6.07) is 13.4. The Balaban J connectivity index is 1.60. The summed E-state index contributed by atoms with van der Waals surface area (Å²) in [6.45, 7) is 2.37. The minimum absolute atomic E-state index is 0.0399. The van der Waals surface area contributed by atoms with Crippen molar-refractivity contribution in [2.24, 2.45) is 0 Å². The molecule has 0 unspecified atom stereocenters. The Labute approximate surface area is 177 Å². The van der Waals surface area contributed by atoms with Gasteiger partial charge in [-0.3, -0.25) is 9.89 Å². The molecule has 4 rings (SSSR count). The third kappa shape index (κ3) is 4.21. The van der Waals surface area contributed by atoms with E-state index in [1.165, 1.54) is 0 Å². The van der Waals surface area contributed by atoms with Gasteiger partial charge in [-0.05, 0) is 42.3 Å². The molecule has 1 amide bonds. The number of amides is 1. The highest BCUT2D eigenvalue weighted by Gasteiger charge is 2.28. The largest absolute Gasteiger partial charge is 0.493 e. The van der Waals surface area contributed by atoms with Crippen LogP contribution in [0.25, 0.3) is 0 Å². The van der Waals surface area contributed by atoms with Gasteiger partial charge < -0.3 is 14.8 Å². The van der Waals surface area contributed by atoms with E-state index < -0.39 is 0 Å². The van der Waals surface area contributed by atoms with Crippen LogP contribution in [-0.2, 0) is 11.4 Å². The first-order valence-electron chi connectivity index (χ1n) is 9.06. The molecule has 29 heavy (non-hydrogen) atoms. The molecule has 3 aromatic rings. The Morgan fingerprint density at radius 1 is 1.21 bits per heavy atom. The Morgan fingerprint density at radius 3 is 2.76 bits per heavy atom. The van der Waals surface area contributed by atoms with Gasteiger partial charge in [0.25, 0.3) is 0 Å². The van der Waals surface area contributed by atoms with Gasteiger partial charge in [0.05, 0.1) is 18.1 Å². The molecule has 0 radical (unpaired) electrons. The molecule has 2 heterocycles. The second kappa shape index (κ2) is 8.39. The van der Waals surface area contributed by atoms with Crippen molar-refractivity contribution in [3.63, 3.8) is 0 Å². The van der Waals surface area contributed by atoms with Crippen LogP contribution in [0, 0.1) is 6.92 Å². The van der Waals surface area contributed by atoms with Crippen molar-refractivity contribution in [3.05, 3.63) is 69.9 Å². The molecule has 0 fully saturated rings. The predicted octanol–water partition coefficient (Wildman–Crippen LogP) is 4.73. The average Bonchev–Trinajstić information content (AvgIpc) is 2.98. The number of halogens is 1. The predicted molar refractivity (Wildman–Crippen MR) is 115 cm³/mol. The Morgan fingerprint density at radius 2 is 2.00 bits per heavy atom. The van der Waals surface area contributed by atoms with Crippen LogP contribution in [0.2, 0.25) is 5.02 Å². The normalized spacial score (nSPS) is 16.0. The van der Waals surface area contributed by atoms with Crippen LogP contribution in [-0.4, -0.2) is 29.0 Å². The summed E-state index contributed by atoms with van der Waals surface area (Å²) < 4.78 is 11.5. The minimum atomic E-state index is -0.0554. The van der Waals surface area contributed by atoms with E-state index in [1.54, 1.807) is 18.9 Å². The fourth-order valence-corrected chi connectivity index (χ4v) is 4.55. The van der Waals surface area contributed by atoms with Gasteiger partial charge in [-0.15, -0.1) is 11.8 Å². The van der Waals surface area contributed by atoms with Gasteiger partial charge in [0.1, 0.15) is 6.61 Å². The molecule has 0 saturated heterocycles. The number of nitrogens with zero attached hydrogens (tertiary/aromatic N) is 1. The van der Waals surface area contributed by atoms with E-state index in [9.17, 15) is 4.79 Å². The third-order valence-corrected chi connectivity index (χ3v) is 6.22. The summed E-state index contributed by atoms with van der Waals surface area (Å²) in [7, 11) is 1.62. The number of carbonyl (C=O) groups is 1. The van der Waals surface area contributed by atoms with Crippen LogP contribution in [0.15, 0.2) is 42.5 Å². The van der Waals surface area contributed by atoms with Gasteiger partial charge in [0, 0.05) is 16.3 Å². The van der Waals surface area contributed by atoms with E-state index in [2.05, 4.69) is 15.5 Å². The molecule has 0 saturated carbocycles. The lowest BCUT2D eigenvalue weighted by Crippen LogP contribution is -2.12. The summed E-state index contributed by atoms with van der Waals surface area (Å²) in [6.07, 6.45) is 0. The van der Waals surface area contributed by atoms with Gasteiger partial charge in [-0.1, -0.05) is 29.8 Å². The van der Waals surface area contributed by atoms with Crippen molar-refractivity contribution < 1.29 is 14.3 Å². The molecule has 2 aromatic carbocycles. The maximum Gasteiger partial charge on any atom is 0.235 e. The van der Waals surface area contributed by atoms with Gasteiger partial charge in [0.15, 0.2) is 17.3 Å². The molecule has 8 heteroatoms. The van der Waals surface area contributed by atoms with Gasteiger partial charge >= 0.3 is 0 Å². The molecule has 1 aliphatic heterocycles. The van der Waals surface area contributed by atoms with Crippen LogP contribution in [0.5, 0.6) is 11.5 Å². The number of aromatic nitrogens is 2. The number of H-pyrrole nitrogens is 1. The van der Waals surface area contributed by atoms with Crippen molar-refractivity contribution in [2.45, 2.75) is 18.8 Å². The zero-order valence-electron chi connectivity index (χ0n) is 16.0. The van der Waals surface area contributed by atoms with Crippen LogP contribution in [0.4, 0.5) is 5.82 Å². The number of hydrogen-bond acceptors (Lipinski definition) is 5. The Kier molecular flexibility index (Phi) is 5.69. The van der Waals surface area contributed by atoms with E-state index in [4.69, 9.17) is 21.1 Å². The van der Waals surface area contributed by atoms with Crippen molar-refractivity contribution in [3.8, 4) is 11.5 Å². The number of carbonyl (C=O) groups excluding carboxylic acids is 1. The molecule has 1 atom stereocenters. The first-order chi connectivity index (χ1) is 14.0. The number of benzene rings is 2. The number of aromatic amines is 1. The molecule has 6 nitrogen and oxygen atoms in total. The van der Waals surface area contributed by atoms with Gasteiger partial charge in [-0.2, -0.15) is 5.10 Å². The van der Waals surface area contributed by atoms with E-state index >= 15 is 0 Å². The zero-order chi connectivity index (χ0) is 20.4. The van der Waals surface area contributed by atoms with E-state index in [0.29, 0.717) is 34.7 Å². The molecule has 1 aliphatic rings. The Bertz CT molecular complexity index is 1040. The number of ether oxygens (including phenoxy) is 2. The Hall–Kier alpha value is -2.64. The molecule has 0 bridgehead atoms. The highest BCUT2D eigenvalue weighted by atomic mass is 35.5. The van der Waals surface area contributed by atoms with Crippen LogP contribution in [0.1, 0.15) is 27.6 Å².